The van der Waals surface area contributed by atoms with Gasteiger partial charge in [0.25, 0.3) is 5.91 Å². The number of anilines is 1. The third-order valence-corrected chi connectivity index (χ3v) is 4.25. The molecule has 0 radical (unpaired) electrons. The van der Waals surface area contributed by atoms with Crippen molar-refractivity contribution in [3.05, 3.63) is 41.7 Å². The number of sulfone groups is 1. The van der Waals surface area contributed by atoms with Gasteiger partial charge in [0.2, 0.25) is 5.91 Å². The standard InChI is InChI=1S/C15H17N3O5S/c1-9-7-13(18-23-9)17-14(19)10(2)16-15(20)11-5-4-6-12(8-11)24(3,21)22/h4-8,10H,1-3H3,(H,16,20)(H,17,18,19)/t10-/m0/s1. The molecule has 2 rings (SSSR count). The summed E-state index contributed by atoms with van der Waals surface area (Å²) in [4.78, 5) is 24.2. The van der Waals surface area contributed by atoms with Crippen molar-refractivity contribution in [2.24, 2.45) is 0 Å². The van der Waals surface area contributed by atoms with Crippen LogP contribution in [0, 0.1) is 6.92 Å². The molecule has 1 aromatic carbocycles. The Morgan fingerprint density at radius 2 is 1.96 bits per heavy atom. The third kappa shape index (κ3) is 4.42. The third-order valence-electron chi connectivity index (χ3n) is 3.14. The predicted octanol–water partition coefficient (Wildman–Crippen LogP) is 1.14. The van der Waals surface area contributed by atoms with Gasteiger partial charge in [-0.2, -0.15) is 0 Å². The number of aryl methyl sites for hydroxylation is 1. The summed E-state index contributed by atoms with van der Waals surface area (Å²) in [7, 11) is -3.42. The van der Waals surface area contributed by atoms with Crippen molar-refractivity contribution in [3.63, 3.8) is 0 Å². The average molecular weight is 351 g/mol. The van der Waals surface area contributed by atoms with E-state index in [1.807, 2.05) is 0 Å². The van der Waals surface area contributed by atoms with Crippen LogP contribution in [-0.4, -0.2) is 37.7 Å². The van der Waals surface area contributed by atoms with Gasteiger partial charge in [0.1, 0.15) is 11.8 Å². The molecule has 1 atom stereocenters. The Morgan fingerprint density at radius 1 is 1.25 bits per heavy atom. The van der Waals surface area contributed by atoms with Gasteiger partial charge in [-0.3, -0.25) is 9.59 Å². The van der Waals surface area contributed by atoms with Gasteiger partial charge >= 0.3 is 0 Å². The second-order valence-electron chi connectivity index (χ2n) is 5.31. The zero-order valence-corrected chi connectivity index (χ0v) is 14.2. The topological polar surface area (TPSA) is 118 Å². The maximum absolute atomic E-state index is 12.2. The second kappa shape index (κ2) is 6.83. The van der Waals surface area contributed by atoms with Crippen LogP contribution in [0.3, 0.4) is 0 Å². The Bertz CT molecular complexity index is 873. The molecule has 9 heteroatoms. The first-order chi connectivity index (χ1) is 11.2. The zero-order valence-electron chi connectivity index (χ0n) is 13.4. The molecule has 2 N–H and O–H groups in total. The number of hydrogen-bond donors (Lipinski definition) is 2. The number of rotatable bonds is 5. The van der Waals surface area contributed by atoms with Gasteiger partial charge in [-0.05, 0) is 32.0 Å². The minimum Gasteiger partial charge on any atom is -0.360 e. The van der Waals surface area contributed by atoms with E-state index in [9.17, 15) is 18.0 Å². The van der Waals surface area contributed by atoms with E-state index in [-0.39, 0.29) is 16.3 Å². The Hall–Kier alpha value is -2.68. The summed E-state index contributed by atoms with van der Waals surface area (Å²) >= 11 is 0. The highest BCUT2D eigenvalue weighted by molar-refractivity contribution is 7.90. The van der Waals surface area contributed by atoms with Gasteiger partial charge in [-0.1, -0.05) is 11.2 Å². The van der Waals surface area contributed by atoms with Crippen molar-refractivity contribution < 1.29 is 22.5 Å². The van der Waals surface area contributed by atoms with Crippen molar-refractivity contribution in [1.82, 2.24) is 10.5 Å². The van der Waals surface area contributed by atoms with E-state index in [2.05, 4.69) is 15.8 Å². The van der Waals surface area contributed by atoms with Crippen LogP contribution in [0.15, 0.2) is 39.8 Å². The van der Waals surface area contributed by atoms with E-state index in [0.717, 1.165) is 6.26 Å². The van der Waals surface area contributed by atoms with Crippen LogP contribution in [0.1, 0.15) is 23.0 Å². The van der Waals surface area contributed by atoms with E-state index in [4.69, 9.17) is 4.52 Å². The molecule has 0 saturated carbocycles. The molecule has 0 fully saturated rings. The van der Waals surface area contributed by atoms with Gasteiger partial charge in [0.15, 0.2) is 15.7 Å². The highest BCUT2D eigenvalue weighted by atomic mass is 32.2. The number of nitrogens with one attached hydrogen (secondary N) is 2. The number of aromatic nitrogens is 1. The molecule has 0 aliphatic heterocycles. The monoisotopic (exact) mass is 351 g/mol. The van der Waals surface area contributed by atoms with Gasteiger partial charge in [-0.25, -0.2) is 8.42 Å². The van der Waals surface area contributed by atoms with E-state index >= 15 is 0 Å². The molecule has 1 aromatic heterocycles. The van der Waals surface area contributed by atoms with Gasteiger partial charge < -0.3 is 15.2 Å². The van der Waals surface area contributed by atoms with Crippen LogP contribution in [0.4, 0.5) is 5.82 Å². The smallest absolute Gasteiger partial charge is 0.251 e. The molecule has 2 amide bonds. The molecular weight excluding hydrogens is 334 g/mol. The minimum atomic E-state index is -3.42. The highest BCUT2D eigenvalue weighted by Gasteiger charge is 2.19. The fraction of sp³-hybridized carbons (Fsp3) is 0.267. The molecule has 128 valence electrons. The Labute approximate surface area is 139 Å². The summed E-state index contributed by atoms with van der Waals surface area (Å²) in [6.45, 7) is 3.18. The lowest BCUT2D eigenvalue weighted by Gasteiger charge is -2.13. The molecule has 24 heavy (non-hydrogen) atoms. The molecule has 0 bridgehead atoms. The van der Waals surface area contributed by atoms with Gasteiger partial charge in [-0.15, -0.1) is 0 Å². The normalized spacial score (nSPS) is 12.5. The molecule has 0 unspecified atom stereocenters. The van der Waals surface area contributed by atoms with Crippen LogP contribution >= 0.6 is 0 Å². The number of carbonyl (C=O) groups excluding carboxylic acids is 2. The van der Waals surface area contributed by atoms with Crippen molar-refractivity contribution in [3.8, 4) is 0 Å². The maximum Gasteiger partial charge on any atom is 0.251 e. The summed E-state index contributed by atoms with van der Waals surface area (Å²) in [5, 5.41) is 8.63. The number of benzene rings is 1. The highest BCUT2D eigenvalue weighted by Crippen LogP contribution is 2.12. The minimum absolute atomic E-state index is 0.0327. The van der Waals surface area contributed by atoms with Crippen LogP contribution in [0.2, 0.25) is 0 Å². The van der Waals surface area contributed by atoms with Crippen molar-refractivity contribution >= 4 is 27.5 Å². The summed E-state index contributed by atoms with van der Waals surface area (Å²) in [6.07, 6.45) is 1.06. The van der Waals surface area contributed by atoms with Crippen LogP contribution in [0.5, 0.6) is 0 Å². The molecule has 0 aliphatic carbocycles. The van der Waals surface area contributed by atoms with Gasteiger partial charge in [0.05, 0.1) is 4.90 Å². The molecule has 8 nitrogen and oxygen atoms in total. The Morgan fingerprint density at radius 3 is 2.54 bits per heavy atom. The number of carbonyl (C=O) groups is 2. The summed E-state index contributed by atoms with van der Waals surface area (Å²) in [5.74, 6) is -0.243. The van der Waals surface area contributed by atoms with Crippen molar-refractivity contribution in [1.29, 1.82) is 0 Å². The Kier molecular flexibility index (Phi) is 5.03. The molecular formula is C15H17N3O5S. The van der Waals surface area contributed by atoms with Gasteiger partial charge in [0, 0.05) is 17.9 Å². The van der Waals surface area contributed by atoms with Crippen molar-refractivity contribution in [2.75, 3.05) is 11.6 Å². The zero-order chi connectivity index (χ0) is 17.9. The molecule has 0 aliphatic rings. The summed E-state index contributed by atoms with van der Waals surface area (Å²) < 4.78 is 27.9. The van der Waals surface area contributed by atoms with E-state index < -0.39 is 27.7 Å². The van der Waals surface area contributed by atoms with Crippen LogP contribution in [-0.2, 0) is 14.6 Å². The van der Waals surface area contributed by atoms with Crippen LogP contribution in [0.25, 0.3) is 0 Å². The van der Waals surface area contributed by atoms with Crippen molar-refractivity contribution in [2.45, 2.75) is 24.8 Å². The Balaban J connectivity index is 2.04. The predicted molar refractivity (Wildman–Crippen MR) is 86.3 cm³/mol. The van der Waals surface area contributed by atoms with E-state index in [1.165, 1.54) is 31.2 Å². The average Bonchev–Trinajstić information content (AvgIpc) is 2.91. The summed E-state index contributed by atoms with van der Waals surface area (Å²) in [5.41, 5.74) is 0.148. The first kappa shape index (κ1) is 17.7. The molecule has 0 spiro atoms. The quantitative estimate of drug-likeness (QED) is 0.834. The van der Waals surface area contributed by atoms with Crippen LogP contribution < -0.4 is 10.6 Å². The van der Waals surface area contributed by atoms with E-state index in [0.29, 0.717) is 5.76 Å². The molecule has 1 heterocycles. The fourth-order valence-corrected chi connectivity index (χ4v) is 2.54. The number of hydrogen-bond acceptors (Lipinski definition) is 6. The SMILES string of the molecule is Cc1cc(NC(=O)[C@H](C)NC(=O)c2cccc(S(C)(=O)=O)c2)no1. The maximum atomic E-state index is 12.2. The molecule has 2 aromatic rings. The number of amides is 2. The molecule has 0 saturated heterocycles. The fourth-order valence-electron chi connectivity index (χ4n) is 1.87. The lowest BCUT2D eigenvalue weighted by Crippen LogP contribution is -2.41. The largest absolute Gasteiger partial charge is 0.360 e. The lowest BCUT2D eigenvalue weighted by molar-refractivity contribution is -0.117. The number of nitrogens with zero attached hydrogens (tertiary/aromatic N) is 1. The first-order valence-corrected chi connectivity index (χ1v) is 8.91. The van der Waals surface area contributed by atoms with E-state index in [1.54, 1.807) is 13.0 Å². The lowest BCUT2D eigenvalue weighted by atomic mass is 10.2. The first-order valence-electron chi connectivity index (χ1n) is 7.02. The second-order valence-corrected chi connectivity index (χ2v) is 7.32. The summed E-state index contributed by atoms with van der Waals surface area (Å²) in [6, 6.07) is 6.29.